The number of nitrogens with zero attached hydrogens (tertiary/aromatic N) is 1. The molecule has 0 radical (unpaired) electrons. The summed E-state index contributed by atoms with van der Waals surface area (Å²) in [6.07, 6.45) is 0.766. The predicted molar refractivity (Wildman–Crippen MR) is 100 cm³/mol. The number of anilines is 1. The standard InChI is InChI=1S/C19H23FN2O3S/c1-4-16-7-5-6-14(2)19(16)22(15(3)23)13-12-21-26(24,25)18-10-8-17(20)9-11-18/h5-11,21H,4,12-13H2,1-3H3. The van der Waals surface area contributed by atoms with Gasteiger partial charge in [-0.05, 0) is 48.7 Å². The lowest BCUT2D eigenvalue weighted by Gasteiger charge is -2.26. The van der Waals surface area contributed by atoms with Crippen molar-refractivity contribution in [2.45, 2.75) is 32.1 Å². The summed E-state index contributed by atoms with van der Waals surface area (Å²) in [4.78, 5) is 13.7. The zero-order valence-corrected chi connectivity index (χ0v) is 15.9. The minimum Gasteiger partial charge on any atom is -0.311 e. The summed E-state index contributed by atoms with van der Waals surface area (Å²) in [5, 5.41) is 0. The summed E-state index contributed by atoms with van der Waals surface area (Å²) in [5.41, 5.74) is 2.81. The number of hydrogen-bond acceptors (Lipinski definition) is 3. The van der Waals surface area contributed by atoms with Crippen molar-refractivity contribution >= 4 is 21.6 Å². The molecular formula is C19H23FN2O3S. The highest BCUT2D eigenvalue weighted by Crippen LogP contribution is 2.25. The van der Waals surface area contributed by atoms with E-state index >= 15 is 0 Å². The summed E-state index contributed by atoms with van der Waals surface area (Å²) < 4.78 is 40.0. The van der Waals surface area contributed by atoms with Crippen molar-refractivity contribution in [2.24, 2.45) is 0 Å². The van der Waals surface area contributed by atoms with Gasteiger partial charge in [-0.1, -0.05) is 25.1 Å². The number of carbonyl (C=O) groups is 1. The number of carbonyl (C=O) groups excluding carboxylic acids is 1. The first-order valence-electron chi connectivity index (χ1n) is 8.38. The zero-order chi connectivity index (χ0) is 19.3. The topological polar surface area (TPSA) is 66.5 Å². The van der Waals surface area contributed by atoms with Gasteiger partial charge in [0.05, 0.1) is 4.90 Å². The smallest absolute Gasteiger partial charge is 0.240 e. The van der Waals surface area contributed by atoms with E-state index in [-0.39, 0.29) is 23.9 Å². The van der Waals surface area contributed by atoms with Crippen molar-refractivity contribution in [3.8, 4) is 0 Å². The van der Waals surface area contributed by atoms with Crippen LogP contribution in [0, 0.1) is 12.7 Å². The molecule has 2 aromatic carbocycles. The van der Waals surface area contributed by atoms with Crippen molar-refractivity contribution in [1.29, 1.82) is 0 Å². The molecule has 7 heteroatoms. The molecule has 26 heavy (non-hydrogen) atoms. The lowest BCUT2D eigenvalue weighted by Crippen LogP contribution is -2.38. The Morgan fingerprint density at radius 2 is 1.81 bits per heavy atom. The molecule has 0 saturated carbocycles. The van der Waals surface area contributed by atoms with E-state index in [1.165, 1.54) is 19.1 Å². The molecule has 0 unspecified atom stereocenters. The quantitative estimate of drug-likeness (QED) is 0.805. The molecular weight excluding hydrogens is 355 g/mol. The van der Waals surface area contributed by atoms with Gasteiger partial charge >= 0.3 is 0 Å². The Bertz CT molecular complexity index is 880. The molecule has 0 saturated heterocycles. The van der Waals surface area contributed by atoms with Gasteiger partial charge in [-0.3, -0.25) is 4.79 Å². The number of benzene rings is 2. The number of halogens is 1. The van der Waals surface area contributed by atoms with Crippen LogP contribution in [0.1, 0.15) is 25.0 Å². The van der Waals surface area contributed by atoms with Gasteiger partial charge in [0.25, 0.3) is 0 Å². The van der Waals surface area contributed by atoms with Crippen LogP contribution in [-0.2, 0) is 21.2 Å². The monoisotopic (exact) mass is 378 g/mol. The summed E-state index contributed by atoms with van der Waals surface area (Å²) >= 11 is 0. The largest absolute Gasteiger partial charge is 0.311 e. The van der Waals surface area contributed by atoms with E-state index in [0.717, 1.165) is 35.4 Å². The Hall–Kier alpha value is -2.25. The van der Waals surface area contributed by atoms with Crippen LogP contribution in [0.15, 0.2) is 47.4 Å². The van der Waals surface area contributed by atoms with E-state index in [1.807, 2.05) is 32.0 Å². The second-order valence-corrected chi connectivity index (χ2v) is 7.73. The van der Waals surface area contributed by atoms with Crippen molar-refractivity contribution in [3.05, 3.63) is 59.4 Å². The van der Waals surface area contributed by atoms with Gasteiger partial charge in [0.2, 0.25) is 15.9 Å². The highest BCUT2D eigenvalue weighted by atomic mass is 32.2. The normalized spacial score (nSPS) is 11.4. The third-order valence-corrected chi connectivity index (χ3v) is 5.58. The third-order valence-electron chi connectivity index (χ3n) is 4.10. The van der Waals surface area contributed by atoms with Gasteiger partial charge in [0.15, 0.2) is 0 Å². The maximum absolute atomic E-state index is 13.0. The number of hydrogen-bond donors (Lipinski definition) is 1. The molecule has 0 fully saturated rings. The fourth-order valence-corrected chi connectivity index (χ4v) is 3.83. The summed E-state index contributed by atoms with van der Waals surface area (Å²) in [7, 11) is -3.76. The van der Waals surface area contributed by atoms with Gasteiger partial charge in [-0.15, -0.1) is 0 Å². The molecule has 0 aliphatic rings. The van der Waals surface area contributed by atoms with Crippen LogP contribution in [-0.4, -0.2) is 27.4 Å². The first-order chi connectivity index (χ1) is 12.3. The summed E-state index contributed by atoms with van der Waals surface area (Å²) in [6.45, 7) is 5.64. The van der Waals surface area contributed by atoms with Crippen molar-refractivity contribution in [2.75, 3.05) is 18.0 Å². The average Bonchev–Trinajstić information content (AvgIpc) is 2.59. The van der Waals surface area contributed by atoms with Crippen LogP contribution in [0.5, 0.6) is 0 Å². The number of para-hydroxylation sites is 1. The van der Waals surface area contributed by atoms with Crippen LogP contribution in [0.2, 0.25) is 0 Å². The molecule has 2 aromatic rings. The molecule has 1 N–H and O–H groups in total. The summed E-state index contributed by atoms with van der Waals surface area (Å²) in [5.74, 6) is -0.659. The van der Waals surface area contributed by atoms with E-state index in [1.54, 1.807) is 4.90 Å². The number of rotatable bonds is 7. The molecule has 0 aromatic heterocycles. The van der Waals surface area contributed by atoms with E-state index in [9.17, 15) is 17.6 Å². The number of nitrogens with one attached hydrogen (secondary N) is 1. The number of amides is 1. The van der Waals surface area contributed by atoms with E-state index in [0.29, 0.717) is 0 Å². The Kier molecular flexibility index (Phi) is 6.50. The fraction of sp³-hybridized carbons (Fsp3) is 0.316. The molecule has 0 atom stereocenters. The van der Waals surface area contributed by atoms with Crippen molar-refractivity contribution in [1.82, 2.24) is 4.72 Å². The number of aryl methyl sites for hydroxylation is 2. The van der Waals surface area contributed by atoms with Gasteiger partial charge < -0.3 is 4.90 Å². The lowest BCUT2D eigenvalue weighted by molar-refractivity contribution is -0.116. The van der Waals surface area contributed by atoms with Crippen LogP contribution in [0.3, 0.4) is 0 Å². The Labute approximate surface area is 153 Å². The maximum atomic E-state index is 13.0. The van der Waals surface area contributed by atoms with Crippen LogP contribution in [0.4, 0.5) is 10.1 Å². The SMILES string of the molecule is CCc1cccc(C)c1N(CCNS(=O)(=O)c1ccc(F)cc1)C(C)=O. The van der Waals surface area contributed by atoms with Gasteiger partial charge in [-0.2, -0.15) is 0 Å². The highest BCUT2D eigenvalue weighted by Gasteiger charge is 2.19. The molecule has 0 spiro atoms. The third kappa shape index (κ3) is 4.68. The molecule has 0 aliphatic heterocycles. The Balaban J connectivity index is 2.15. The first-order valence-corrected chi connectivity index (χ1v) is 9.86. The molecule has 0 aliphatic carbocycles. The fourth-order valence-electron chi connectivity index (χ4n) is 2.81. The minimum absolute atomic E-state index is 0.0154. The average molecular weight is 378 g/mol. The van der Waals surface area contributed by atoms with Gasteiger partial charge in [0.1, 0.15) is 5.82 Å². The highest BCUT2D eigenvalue weighted by molar-refractivity contribution is 7.89. The van der Waals surface area contributed by atoms with E-state index in [4.69, 9.17) is 0 Å². The zero-order valence-electron chi connectivity index (χ0n) is 15.1. The molecule has 0 heterocycles. The molecule has 1 amide bonds. The van der Waals surface area contributed by atoms with E-state index < -0.39 is 15.8 Å². The Morgan fingerprint density at radius 3 is 2.38 bits per heavy atom. The maximum Gasteiger partial charge on any atom is 0.240 e. The minimum atomic E-state index is -3.76. The Morgan fingerprint density at radius 1 is 1.15 bits per heavy atom. The van der Waals surface area contributed by atoms with Gasteiger partial charge in [0, 0.05) is 25.7 Å². The van der Waals surface area contributed by atoms with Crippen molar-refractivity contribution < 1.29 is 17.6 Å². The first kappa shape index (κ1) is 20.1. The summed E-state index contributed by atoms with van der Waals surface area (Å²) in [6, 6.07) is 10.4. The number of sulfonamides is 1. The van der Waals surface area contributed by atoms with E-state index in [2.05, 4.69) is 4.72 Å². The van der Waals surface area contributed by atoms with Crippen LogP contribution < -0.4 is 9.62 Å². The predicted octanol–water partition coefficient (Wildman–Crippen LogP) is 3.03. The van der Waals surface area contributed by atoms with Crippen LogP contribution in [0.25, 0.3) is 0 Å². The van der Waals surface area contributed by atoms with Crippen LogP contribution >= 0.6 is 0 Å². The lowest BCUT2D eigenvalue weighted by atomic mass is 10.0. The van der Waals surface area contributed by atoms with Gasteiger partial charge in [-0.25, -0.2) is 17.5 Å². The second-order valence-electron chi connectivity index (χ2n) is 5.96. The molecule has 0 bridgehead atoms. The molecule has 5 nitrogen and oxygen atoms in total. The van der Waals surface area contributed by atoms with Crippen molar-refractivity contribution in [3.63, 3.8) is 0 Å². The second kappa shape index (κ2) is 8.42. The molecule has 2 rings (SSSR count). The molecule has 140 valence electrons.